The summed E-state index contributed by atoms with van der Waals surface area (Å²) in [6.45, 7) is 2.10. The summed E-state index contributed by atoms with van der Waals surface area (Å²) in [4.78, 5) is 12.2. The fraction of sp³-hybridized carbons (Fsp3) is 0.211. The zero-order chi connectivity index (χ0) is 20.8. The molecule has 3 N–H and O–H groups in total. The fourth-order valence-corrected chi connectivity index (χ4v) is 3.31. The molecule has 1 amide bonds. The molecular formula is C19H20BrN5O3S. The van der Waals surface area contributed by atoms with Crippen LogP contribution in [0.2, 0.25) is 0 Å². The van der Waals surface area contributed by atoms with Gasteiger partial charge in [-0.25, -0.2) is 4.68 Å². The lowest BCUT2D eigenvalue weighted by Gasteiger charge is -2.08. The van der Waals surface area contributed by atoms with Crippen molar-refractivity contribution in [2.24, 2.45) is 0 Å². The van der Waals surface area contributed by atoms with Crippen molar-refractivity contribution in [3.8, 4) is 11.5 Å². The minimum atomic E-state index is -0.158. The number of benzene rings is 2. The summed E-state index contributed by atoms with van der Waals surface area (Å²) in [5, 5.41) is 11.3. The number of halogens is 1. The zero-order valence-corrected chi connectivity index (χ0v) is 18.3. The van der Waals surface area contributed by atoms with E-state index in [0.717, 1.165) is 15.7 Å². The number of aryl methyl sites for hydroxylation is 1. The highest BCUT2D eigenvalue weighted by Crippen LogP contribution is 2.22. The van der Waals surface area contributed by atoms with Crippen molar-refractivity contribution < 1.29 is 14.3 Å². The average molecular weight is 478 g/mol. The van der Waals surface area contributed by atoms with Gasteiger partial charge in [-0.1, -0.05) is 33.8 Å². The van der Waals surface area contributed by atoms with Crippen molar-refractivity contribution in [3.63, 3.8) is 0 Å². The Morgan fingerprint density at radius 1 is 1.24 bits per heavy atom. The molecule has 0 spiro atoms. The highest BCUT2D eigenvalue weighted by molar-refractivity contribution is 9.10. The standard InChI is InChI=1S/C19H20BrN5O3S/c1-12-8-13(6-7-16(12)20)22-18(26)11-29-19-24-23-17(25(19)21)10-28-15-5-3-4-14(9-15)27-2/h3-9H,10-11,21H2,1-2H3,(H,22,26). The van der Waals surface area contributed by atoms with E-state index in [0.29, 0.717) is 22.5 Å². The van der Waals surface area contributed by atoms with Crippen LogP contribution in [0.5, 0.6) is 11.5 Å². The van der Waals surface area contributed by atoms with Crippen LogP contribution >= 0.6 is 27.7 Å². The summed E-state index contributed by atoms with van der Waals surface area (Å²) in [5.74, 6) is 7.79. The highest BCUT2D eigenvalue weighted by atomic mass is 79.9. The minimum Gasteiger partial charge on any atom is -0.497 e. The number of nitrogens with two attached hydrogens (primary N) is 1. The average Bonchev–Trinajstić information content (AvgIpc) is 3.07. The molecule has 0 atom stereocenters. The summed E-state index contributed by atoms with van der Waals surface area (Å²) in [7, 11) is 1.59. The number of hydrogen-bond acceptors (Lipinski definition) is 7. The molecule has 152 valence electrons. The van der Waals surface area contributed by atoms with E-state index in [1.807, 2.05) is 43.3 Å². The molecule has 2 aromatic carbocycles. The number of carbonyl (C=O) groups is 1. The molecular weight excluding hydrogens is 458 g/mol. The lowest BCUT2D eigenvalue weighted by Crippen LogP contribution is -2.18. The van der Waals surface area contributed by atoms with Crippen LogP contribution in [0, 0.1) is 6.92 Å². The number of nitrogens with one attached hydrogen (secondary N) is 1. The normalized spacial score (nSPS) is 10.6. The Kier molecular flexibility index (Phi) is 6.99. The third-order valence-electron chi connectivity index (χ3n) is 3.92. The van der Waals surface area contributed by atoms with E-state index in [2.05, 4.69) is 31.4 Å². The number of methoxy groups -OCH3 is 1. The number of nitrogen functional groups attached to an aromatic ring is 1. The molecule has 0 fully saturated rings. The second kappa shape index (κ2) is 9.66. The van der Waals surface area contributed by atoms with Gasteiger partial charge in [0, 0.05) is 16.2 Å². The first-order valence-electron chi connectivity index (χ1n) is 8.61. The van der Waals surface area contributed by atoms with Gasteiger partial charge in [0.25, 0.3) is 0 Å². The molecule has 1 heterocycles. The van der Waals surface area contributed by atoms with E-state index in [1.54, 1.807) is 13.2 Å². The SMILES string of the molecule is COc1cccc(OCc2nnc(SCC(=O)Nc3ccc(Br)c(C)c3)n2N)c1. The minimum absolute atomic E-state index is 0.140. The lowest BCUT2D eigenvalue weighted by molar-refractivity contribution is -0.113. The maximum Gasteiger partial charge on any atom is 0.234 e. The molecule has 1 aromatic heterocycles. The molecule has 0 aliphatic rings. The fourth-order valence-electron chi connectivity index (χ4n) is 2.39. The monoisotopic (exact) mass is 477 g/mol. The predicted molar refractivity (Wildman–Crippen MR) is 116 cm³/mol. The number of rotatable bonds is 8. The Bertz CT molecular complexity index is 1010. The van der Waals surface area contributed by atoms with Gasteiger partial charge in [0.15, 0.2) is 5.82 Å². The van der Waals surface area contributed by atoms with Crippen LogP contribution < -0.4 is 20.6 Å². The molecule has 0 radical (unpaired) electrons. The number of nitrogens with zero attached hydrogens (tertiary/aromatic N) is 3. The molecule has 3 rings (SSSR count). The molecule has 8 nitrogen and oxygen atoms in total. The van der Waals surface area contributed by atoms with Crippen molar-refractivity contribution >= 4 is 39.3 Å². The van der Waals surface area contributed by atoms with E-state index in [9.17, 15) is 4.79 Å². The molecule has 0 bridgehead atoms. The van der Waals surface area contributed by atoms with Crippen LogP contribution in [0.3, 0.4) is 0 Å². The van der Waals surface area contributed by atoms with Gasteiger partial charge in [0.05, 0.1) is 12.9 Å². The quantitative estimate of drug-likeness (QED) is 0.378. The Hall–Kier alpha value is -2.72. The Labute approximate surface area is 180 Å². The van der Waals surface area contributed by atoms with Crippen molar-refractivity contribution in [2.45, 2.75) is 18.7 Å². The number of thioether (sulfide) groups is 1. The molecule has 10 heteroatoms. The third-order valence-corrected chi connectivity index (χ3v) is 5.75. The number of hydrogen-bond donors (Lipinski definition) is 2. The molecule has 0 saturated carbocycles. The first-order valence-corrected chi connectivity index (χ1v) is 10.4. The van der Waals surface area contributed by atoms with Crippen LogP contribution in [-0.2, 0) is 11.4 Å². The van der Waals surface area contributed by atoms with Gasteiger partial charge in [-0.05, 0) is 42.8 Å². The number of amides is 1. The summed E-state index contributed by atoms with van der Waals surface area (Å²) < 4.78 is 13.2. The van der Waals surface area contributed by atoms with E-state index in [1.165, 1.54) is 16.4 Å². The Morgan fingerprint density at radius 2 is 2.03 bits per heavy atom. The maximum absolute atomic E-state index is 12.2. The number of aromatic nitrogens is 3. The largest absolute Gasteiger partial charge is 0.497 e. The number of carbonyl (C=O) groups excluding carboxylic acids is 1. The Balaban J connectivity index is 1.53. The predicted octanol–water partition coefficient (Wildman–Crippen LogP) is 3.38. The molecule has 0 aliphatic heterocycles. The van der Waals surface area contributed by atoms with Crippen molar-refractivity contribution in [1.82, 2.24) is 14.9 Å². The third kappa shape index (κ3) is 5.64. The summed E-state index contributed by atoms with van der Waals surface area (Å²) in [6, 6.07) is 12.8. The highest BCUT2D eigenvalue weighted by Gasteiger charge is 2.13. The van der Waals surface area contributed by atoms with Crippen LogP contribution in [0.15, 0.2) is 52.1 Å². The second-order valence-corrected chi connectivity index (χ2v) is 7.83. The van der Waals surface area contributed by atoms with Crippen LogP contribution in [0.25, 0.3) is 0 Å². The van der Waals surface area contributed by atoms with E-state index >= 15 is 0 Å². The molecule has 29 heavy (non-hydrogen) atoms. The van der Waals surface area contributed by atoms with E-state index < -0.39 is 0 Å². The second-order valence-electron chi connectivity index (χ2n) is 6.04. The van der Waals surface area contributed by atoms with Gasteiger partial charge in [-0.2, -0.15) is 0 Å². The zero-order valence-electron chi connectivity index (χ0n) is 15.9. The molecule has 0 unspecified atom stereocenters. The van der Waals surface area contributed by atoms with Crippen molar-refractivity contribution in [1.29, 1.82) is 0 Å². The van der Waals surface area contributed by atoms with Crippen LogP contribution in [0.4, 0.5) is 5.69 Å². The lowest BCUT2D eigenvalue weighted by atomic mass is 10.2. The maximum atomic E-state index is 12.2. The molecule has 0 saturated heterocycles. The first kappa shape index (κ1) is 21.0. The summed E-state index contributed by atoms with van der Waals surface area (Å²) in [6.07, 6.45) is 0. The Morgan fingerprint density at radius 3 is 2.79 bits per heavy atom. The topological polar surface area (TPSA) is 104 Å². The van der Waals surface area contributed by atoms with Gasteiger partial charge in [0.2, 0.25) is 11.1 Å². The van der Waals surface area contributed by atoms with Gasteiger partial charge >= 0.3 is 0 Å². The van der Waals surface area contributed by atoms with Gasteiger partial charge in [-0.15, -0.1) is 10.2 Å². The summed E-state index contributed by atoms with van der Waals surface area (Å²) >= 11 is 4.63. The van der Waals surface area contributed by atoms with Gasteiger partial charge < -0.3 is 20.6 Å². The van der Waals surface area contributed by atoms with Crippen molar-refractivity contribution in [3.05, 3.63) is 58.3 Å². The van der Waals surface area contributed by atoms with E-state index in [-0.39, 0.29) is 18.3 Å². The smallest absolute Gasteiger partial charge is 0.234 e. The van der Waals surface area contributed by atoms with Crippen LogP contribution in [-0.4, -0.2) is 33.6 Å². The molecule has 3 aromatic rings. The van der Waals surface area contributed by atoms with Gasteiger partial charge in [-0.3, -0.25) is 4.79 Å². The van der Waals surface area contributed by atoms with Crippen molar-refractivity contribution in [2.75, 3.05) is 24.0 Å². The van der Waals surface area contributed by atoms with E-state index in [4.69, 9.17) is 15.3 Å². The van der Waals surface area contributed by atoms with Gasteiger partial charge in [0.1, 0.15) is 18.1 Å². The molecule has 0 aliphatic carbocycles. The number of ether oxygens (including phenoxy) is 2. The summed E-state index contributed by atoms with van der Waals surface area (Å²) in [5.41, 5.74) is 1.77. The van der Waals surface area contributed by atoms with Crippen LogP contribution in [0.1, 0.15) is 11.4 Å². The first-order chi connectivity index (χ1) is 14.0. The number of anilines is 1.